The number of amides is 2. The summed E-state index contributed by atoms with van der Waals surface area (Å²) in [4.78, 5) is 24.9. The van der Waals surface area contributed by atoms with Crippen molar-refractivity contribution < 1.29 is 19.4 Å². The molecule has 1 aliphatic heterocycles. The molecule has 3 saturated carbocycles. The maximum Gasteiger partial charge on any atom is 0.235 e. The summed E-state index contributed by atoms with van der Waals surface area (Å²) in [6.07, 6.45) is 5.12. The summed E-state index contributed by atoms with van der Waals surface area (Å²) in [5.74, 6) is -0.248. The molecule has 2 atom stereocenters. The van der Waals surface area contributed by atoms with Crippen molar-refractivity contribution in [1.82, 2.24) is 10.6 Å². The van der Waals surface area contributed by atoms with Crippen LogP contribution in [0.2, 0.25) is 0 Å². The zero-order valence-corrected chi connectivity index (χ0v) is 12.8. The molecule has 4 fully saturated rings. The van der Waals surface area contributed by atoms with E-state index in [1.54, 1.807) is 0 Å². The first-order valence-electron chi connectivity index (χ1n) is 8.45. The predicted octanol–water partition coefficient (Wildman–Crippen LogP) is 0.0914. The van der Waals surface area contributed by atoms with Crippen LogP contribution in [0, 0.1) is 10.8 Å². The lowest BCUT2D eigenvalue weighted by Crippen LogP contribution is -2.66. The van der Waals surface area contributed by atoms with Gasteiger partial charge in [-0.25, -0.2) is 0 Å². The summed E-state index contributed by atoms with van der Waals surface area (Å²) in [5.41, 5.74) is -1.08. The van der Waals surface area contributed by atoms with Crippen molar-refractivity contribution >= 4 is 11.8 Å². The number of aliphatic hydroxyl groups excluding tert-OH is 1. The molecule has 0 aromatic rings. The van der Waals surface area contributed by atoms with Crippen LogP contribution in [0.15, 0.2) is 0 Å². The Balaban J connectivity index is 1.40. The molecular weight excluding hydrogens is 284 g/mol. The zero-order chi connectivity index (χ0) is 15.4. The second-order valence-corrected chi connectivity index (χ2v) is 7.45. The first-order valence-corrected chi connectivity index (χ1v) is 8.45. The first kappa shape index (κ1) is 14.5. The third kappa shape index (κ3) is 2.15. The highest BCUT2D eigenvalue weighted by Gasteiger charge is 2.61. The van der Waals surface area contributed by atoms with Gasteiger partial charge in [0, 0.05) is 30.7 Å². The van der Waals surface area contributed by atoms with Gasteiger partial charge in [0.05, 0.1) is 6.10 Å². The van der Waals surface area contributed by atoms with Crippen LogP contribution in [0.1, 0.15) is 44.9 Å². The van der Waals surface area contributed by atoms with E-state index in [4.69, 9.17) is 4.74 Å². The molecule has 1 heterocycles. The summed E-state index contributed by atoms with van der Waals surface area (Å²) in [6, 6.07) is 0.259. The normalized spacial score (nSPS) is 34.6. The molecule has 6 heteroatoms. The maximum absolute atomic E-state index is 12.6. The number of hydrogen-bond acceptors (Lipinski definition) is 4. The maximum atomic E-state index is 12.6. The van der Waals surface area contributed by atoms with E-state index in [1.165, 1.54) is 0 Å². The minimum atomic E-state index is -0.838. The van der Waals surface area contributed by atoms with Gasteiger partial charge in [0.2, 0.25) is 11.8 Å². The van der Waals surface area contributed by atoms with Crippen LogP contribution in [-0.4, -0.2) is 48.3 Å². The lowest BCUT2D eigenvalue weighted by atomic mass is 9.57. The van der Waals surface area contributed by atoms with Crippen molar-refractivity contribution in [3.8, 4) is 0 Å². The van der Waals surface area contributed by atoms with Crippen LogP contribution in [0.3, 0.4) is 0 Å². The zero-order valence-electron chi connectivity index (χ0n) is 12.8. The first-order chi connectivity index (χ1) is 10.6. The molecule has 0 aromatic heterocycles. The second kappa shape index (κ2) is 4.93. The van der Waals surface area contributed by atoms with Crippen LogP contribution < -0.4 is 10.6 Å². The molecule has 1 saturated heterocycles. The van der Waals surface area contributed by atoms with E-state index in [-0.39, 0.29) is 35.4 Å². The molecule has 6 nitrogen and oxygen atoms in total. The largest absolute Gasteiger partial charge is 0.392 e. The van der Waals surface area contributed by atoms with Crippen LogP contribution in [0.25, 0.3) is 0 Å². The van der Waals surface area contributed by atoms with E-state index in [1.807, 2.05) is 0 Å². The summed E-state index contributed by atoms with van der Waals surface area (Å²) in [6.45, 7) is 1.27. The summed E-state index contributed by atoms with van der Waals surface area (Å²) in [7, 11) is 0. The van der Waals surface area contributed by atoms with Gasteiger partial charge in [-0.2, -0.15) is 0 Å². The summed E-state index contributed by atoms with van der Waals surface area (Å²) in [5, 5.41) is 16.2. The Morgan fingerprint density at radius 2 is 1.64 bits per heavy atom. The molecule has 0 bridgehead atoms. The Bertz CT molecular complexity index is 492. The molecule has 3 N–H and O–H groups in total. The van der Waals surface area contributed by atoms with Gasteiger partial charge < -0.3 is 20.5 Å². The Morgan fingerprint density at radius 1 is 1.00 bits per heavy atom. The van der Waals surface area contributed by atoms with Crippen molar-refractivity contribution in [3.63, 3.8) is 0 Å². The molecule has 122 valence electrons. The minimum Gasteiger partial charge on any atom is -0.392 e. The third-order valence-corrected chi connectivity index (χ3v) is 6.08. The number of aliphatic hydroxyl groups is 1. The van der Waals surface area contributed by atoms with Crippen LogP contribution >= 0.6 is 0 Å². The number of nitrogens with one attached hydrogen (secondary N) is 2. The second-order valence-electron chi connectivity index (χ2n) is 7.45. The molecule has 22 heavy (non-hydrogen) atoms. The van der Waals surface area contributed by atoms with Gasteiger partial charge in [0.25, 0.3) is 0 Å². The number of rotatable bonds is 4. The Kier molecular flexibility index (Phi) is 3.24. The summed E-state index contributed by atoms with van der Waals surface area (Å²) >= 11 is 0. The van der Waals surface area contributed by atoms with Crippen molar-refractivity contribution in [2.24, 2.45) is 10.8 Å². The average Bonchev–Trinajstić information content (AvgIpc) is 3.41. The molecule has 2 amide bonds. The number of carbonyl (C=O) groups excluding carboxylic acids is 2. The lowest BCUT2D eigenvalue weighted by Gasteiger charge is -2.55. The van der Waals surface area contributed by atoms with Gasteiger partial charge in [0.1, 0.15) is 5.41 Å². The quantitative estimate of drug-likeness (QED) is 0.642. The topological polar surface area (TPSA) is 87.7 Å². The van der Waals surface area contributed by atoms with Gasteiger partial charge in [0.15, 0.2) is 0 Å². The SMILES string of the molecule is O=C(NC1CC1)C1(C(=O)N[C@@H]2C[C@@H](O)C23CCOCC3)CC1. The van der Waals surface area contributed by atoms with Crippen LogP contribution in [-0.2, 0) is 14.3 Å². The standard InChI is InChI=1S/C16H24N2O4/c19-12-9-11(15(12)5-7-22-8-6-15)18-14(21)16(3-4-16)13(20)17-10-1-2-10/h10-12,19H,1-9H2,(H,17,20)(H,18,21)/t11-,12-/m1/s1. The molecule has 0 aromatic carbocycles. The highest BCUT2D eigenvalue weighted by atomic mass is 16.5. The number of ether oxygens (including phenoxy) is 1. The predicted molar refractivity (Wildman–Crippen MR) is 77.9 cm³/mol. The number of hydrogen-bond donors (Lipinski definition) is 3. The molecule has 1 spiro atoms. The Labute approximate surface area is 130 Å². The fourth-order valence-electron chi connectivity index (χ4n) is 3.93. The van der Waals surface area contributed by atoms with Crippen molar-refractivity contribution in [2.45, 2.75) is 63.1 Å². The van der Waals surface area contributed by atoms with Gasteiger partial charge in [-0.3, -0.25) is 9.59 Å². The van der Waals surface area contributed by atoms with Crippen molar-refractivity contribution in [1.29, 1.82) is 0 Å². The minimum absolute atomic E-state index is 0.0231. The Hall–Kier alpha value is -1.14. The van der Waals surface area contributed by atoms with Gasteiger partial charge >= 0.3 is 0 Å². The van der Waals surface area contributed by atoms with E-state index in [9.17, 15) is 14.7 Å². The van der Waals surface area contributed by atoms with E-state index in [0.29, 0.717) is 32.5 Å². The fraction of sp³-hybridized carbons (Fsp3) is 0.875. The third-order valence-electron chi connectivity index (χ3n) is 6.08. The average molecular weight is 308 g/mol. The van der Waals surface area contributed by atoms with Crippen molar-refractivity contribution in [3.05, 3.63) is 0 Å². The summed E-state index contributed by atoms with van der Waals surface area (Å²) < 4.78 is 5.38. The van der Waals surface area contributed by atoms with E-state index >= 15 is 0 Å². The molecular formula is C16H24N2O4. The van der Waals surface area contributed by atoms with Crippen LogP contribution in [0.5, 0.6) is 0 Å². The Morgan fingerprint density at radius 3 is 2.18 bits per heavy atom. The van der Waals surface area contributed by atoms with Gasteiger partial charge in [-0.1, -0.05) is 0 Å². The van der Waals surface area contributed by atoms with Crippen LogP contribution in [0.4, 0.5) is 0 Å². The highest BCUT2D eigenvalue weighted by molar-refractivity contribution is 6.08. The van der Waals surface area contributed by atoms with Gasteiger partial charge in [-0.05, 0) is 44.9 Å². The highest BCUT2D eigenvalue weighted by Crippen LogP contribution is 2.51. The van der Waals surface area contributed by atoms with E-state index in [2.05, 4.69) is 10.6 Å². The smallest absolute Gasteiger partial charge is 0.235 e. The monoisotopic (exact) mass is 308 g/mol. The van der Waals surface area contributed by atoms with E-state index in [0.717, 1.165) is 25.7 Å². The molecule has 0 unspecified atom stereocenters. The number of carbonyl (C=O) groups is 2. The molecule has 4 rings (SSSR count). The molecule has 0 radical (unpaired) electrons. The molecule has 4 aliphatic rings. The molecule has 3 aliphatic carbocycles. The van der Waals surface area contributed by atoms with Crippen molar-refractivity contribution in [2.75, 3.05) is 13.2 Å². The lowest BCUT2D eigenvalue weighted by molar-refractivity contribution is -0.159. The fourth-order valence-corrected chi connectivity index (χ4v) is 3.93. The van der Waals surface area contributed by atoms with E-state index < -0.39 is 5.41 Å². The van der Waals surface area contributed by atoms with Gasteiger partial charge in [-0.15, -0.1) is 0 Å².